The van der Waals surface area contributed by atoms with Gasteiger partial charge in [-0.2, -0.15) is 11.8 Å². The molecule has 0 amide bonds. The van der Waals surface area contributed by atoms with Gasteiger partial charge in [0.2, 0.25) is 0 Å². The maximum absolute atomic E-state index is 4.37. The van der Waals surface area contributed by atoms with Gasteiger partial charge in [-0.05, 0) is 63.3 Å². The lowest BCUT2D eigenvalue weighted by atomic mass is 10.2. The third-order valence-corrected chi connectivity index (χ3v) is 4.02. The Morgan fingerprint density at radius 1 is 1.50 bits per heavy atom. The molecule has 1 rings (SSSR count). The molecule has 1 aromatic rings. The van der Waals surface area contributed by atoms with Crippen molar-refractivity contribution in [3.8, 4) is 0 Å². The molecule has 1 N–H and O–H groups in total. The van der Waals surface area contributed by atoms with Crippen LogP contribution < -0.4 is 5.32 Å². The quantitative estimate of drug-likeness (QED) is 0.826. The summed E-state index contributed by atoms with van der Waals surface area (Å²) in [6.45, 7) is 3.02. The summed E-state index contributed by atoms with van der Waals surface area (Å²) in [5.41, 5.74) is 1.05. The third-order valence-electron chi connectivity index (χ3n) is 2.26. The number of hydrogen-bond donors (Lipinski definition) is 1. The van der Waals surface area contributed by atoms with Crippen LogP contribution in [-0.2, 0) is 6.54 Å². The molecule has 1 unspecified atom stereocenters. The van der Waals surface area contributed by atoms with Gasteiger partial charge in [0, 0.05) is 27.7 Å². The SMILES string of the molecule is CSCCC(C)NCc1ncc(Br)cc1Br. The van der Waals surface area contributed by atoms with Crippen LogP contribution in [-0.4, -0.2) is 23.0 Å². The Morgan fingerprint density at radius 3 is 2.88 bits per heavy atom. The fourth-order valence-corrected chi connectivity index (χ4v) is 2.96. The summed E-state index contributed by atoms with van der Waals surface area (Å²) in [6.07, 6.45) is 5.16. The minimum atomic E-state index is 0.532. The lowest BCUT2D eigenvalue weighted by Gasteiger charge is -2.13. The maximum atomic E-state index is 4.37. The summed E-state index contributed by atoms with van der Waals surface area (Å²) in [5.74, 6) is 1.20. The fraction of sp³-hybridized carbons (Fsp3) is 0.545. The van der Waals surface area contributed by atoms with Crippen LogP contribution in [0.4, 0.5) is 0 Å². The topological polar surface area (TPSA) is 24.9 Å². The Bertz CT molecular complexity index is 334. The highest BCUT2D eigenvalue weighted by Crippen LogP contribution is 2.19. The molecule has 1 aromatic heterocycles. The standard InChI is InChI=1S/C11H16Br2N2S/c1-8(3-4-16-2)14-7-11-10(13)5-9(12)6-15-11/h5-6,8,14H,3-4,7H2,1-2H3. The molecule has 0 aliphatic rings. The van der Waals surface area contributed by atoms with Crippen LogP contribution in [0.5, 0.6) is 0 Å². The number of halogens is 2. The molecule has 1 heterocycles. The van der Waals surface area contributed by atoms with Gasteiger partial charge in [-0.3, -0.25) is 4.98 Å². The molecule has 0 aliphatic heterocycles. The van der Waals surface area contributed by atoms with Gasteiger partial charge in [-0.25, -0.2) is 0 Å². The zero-order valence-corrected chi connectivity index (χ0v) is 13.5. The van der Waals surface area contributed by atoms with Gasteiger partial charge in [0.25, 0.3) is 0 Å². The van der Waals surface area contributed by atoms with Crippen molar-refractivity contribution in [3.05, 3.63) is 26.9 Å². The van der Waals surface area contributed by atoms with Crippen molar-refractivity contribution in [3.63, 3.8) is 0 Å². The molecular formula is C11H16Br2N2S. The predicted molar refractivity (Wildman–Crippen MR) is 78.9 cm³/mol. The summed E-state index contributed by atoms with van der Waals surface area (Å²) in [7, 11) is 0. The Hall–Kier alpha value is 0.420. The van der Waals surface area contributed by atoms with Crippen LogP contribution in [0.1, 0.15) is 19.0 Å². The third kappa shape index (κ3) is 5.17. The first-order valence-electron chi connectivity index (χ1n) is 5.15. The first-order chi connectivity index (χ1) is 7.63. The van der Waals surface area contributed by atoms with Crippen molar-refractivity contribution in [2.45, 2.75) is 25.9 Å². The molecule has 0 radical (unpaired) electrons. The number of pyridine rings is 1. The molecule has 0 bridgehead atoms. The molecule has 0 saturated carbocycles. The normalized spacial score (nSPS) is 12.8. The molecule has 16 heavy (non-hydrogen) atoms. The van der Waals surface area contributed by atoms with Crippen molar-refractivity contribution in [2.75, 3.05) is 12.0 Å². The molecule has 2 nitrogen and oxygen atoms in total. The van der Waals surface area contributed by atoms with Gasteiger partial charge in [-0.1, -0.05) is 0 Å². The second-order valence-corrected chi connectivity index (χ2v) is 6.40. The maximum Gasteiger partial charge on any atom is 0.0684 e. The molecule has 0 aliphatic carbocycles. The molecule has 0 saturated heterocycles. The zero-order chi connectivity index (χ0) is 12.0. The highest BCUT2D eigenvalue weighted by molar-refractivity contribution is 9.11. The zero-order valence-electron chi connectivity index (χ0n) is 9.46. The summed E-state index contributed by atoms with van der Waals surface area (Å²) in [5, 5.41) is 3.47. The minimum absolute atomic E-state index is 0.532. The van der Waals surface area contributed by atoms with Gasteiger partial charge in [0.05, 0.1) is 5.69 Å². The van der Waals surface area contributed by atoms with Gasteiger partial charge in [0.1, 0.15) is 0 Å². The highest BCUT2D eigenvalue weighted by atomic mass is 79.9. The Kier molecular flexibility index (Phi) is 6.96. The van der Waals surface area contributed by atoms with Crippen LogP contribution in [0.15, 0.2) is 21.2 Å². The van der Waals surface area contributed by atoms with Crippen LogP contribution in [0.25, 0.3) is 0 Å². The smallest absolute Gasteiger partial charge is 0.0684 e. The van der Waals surface area contributed by atoms with Gasteiger partial charge < -0.3 is 5.32 Å². The molecule has 0 fully saturated rings. The van der Waals surface area contributed by atoms with Crippen molar-refractivity contribution in [1.82, 2.24) is 10.3 Å². The van der Waals surface area contributed by atoms with Gasteiger partial charge in [0.15, 0.2) is 0 Å². The van der Waals surface area contributed by atoms with E-state index in [-0.39, 0.29) is 0 Å². The van der Waals surface area contributed by atoms with E-state index in [2.05, 4.69) is 55.3 Å². The van der Waals surface area contributed by atoms with E-state index in [1.54, 1.807) is 0 Å². The van der Waals surface area contributed by atoms with E-state index in [0.717, 1.165) is 21.2 Å². The number of rotatable bonds is 6. The highest BCUT2D eigenvalue weighted by Gasteiger charge is 2.05. The number of aromatic nitrogens is 1. The number of hydrogen-bond acceptors (Lipinski definition) is 3. The Balaban J connectivity index is 2.42. The van der Waals surface area contributed by atoms with E-state index in [1.807, 2.05) is 24.0 Å². The molecule has 5 heteroatoms. The van der Waals surface area contributed by atoms with E-state index < -0.39 is 0 Å². The van der Waals surface area contributed by atoms with E-state index in [1.165, 1.54) is 12.2 Å². The van der Waals surface area contributed by atoms with Crippen molar-refractivity contribution in [1.29, 1.82) is 0 Å². The second kappa shape index (κ2) is 7.69. The lowest BCUT2D eigenvalue weighted by Crippen LogP contribution is -2.26. The average molecular weight is 368 g/mol. The molecule has 1 atom stereocenters. The van der Waals surface area contributed by atoms with E-state index >= 15 is 0 Å². The lowest BCUT2D eigenvalue weighted by molar-refractivity contribution is 0.531. The fourth-order valence-electron chi connectivity index (χ4n) is 1.24. The second-order valence-electron chi connectivity index (χ2n) is 3.65. The predicted octanol–water partition coefficient (Wildman–Crippen LogP) is 3.84. The minimum Gasteiger partial charge on any atom is -0.309 e. The first-order valence-corrected chi connectivity index (χ1v) is 8.13. The van der Waals surface area contributed by atoms with Crippen LogP contribution >= 0.6 is 43.6 Å². The molecule has 0 aromatic carbocycles. The largest absolute Gasteiger partial charge is 0.309 e. The van der Waals surface area contributed by atoms with Gasteiger partial charge >= 0.3 is 0 Å². The Morgan fingerprint density at radius 2 is 2.25 bits per heavy atom. The van der Waals surface area contributed by atoms with E-state index in [0.29, 0.717) is 6.04 Å². The number of nitrogens with one attached hydrogen (secondary N) is 1. The van der Waals surface area contributed by atoms with Gasteiger partial charge in [-0.15, -0.1) is 0 Å². The van der Waals surface area contributed by atoms with Crippen molar-refractivity contribution >= 4 is 43.6 Å². The van der Waals surface area contributed by atoms with Crippen molar-refractivity contribution in [2.24, 2.45) is 0 Å². The van der Waals surface area contributed by atoms with E-state index in [9.17, 15) is 0 Å². The van der Waals surface area contributed by atoms with Crippen LogP contribution in [0.3, 0.4) is 0 Å². The van der Waals surface area contributed by atoms with Crippen LogP contribution in [0.2, 0.25) is 0 Å². The monoisotopic (exact) mass is 366 g/mol. The first kappa shape index (κ1) is 14.5. The van der Waals surface area contributed by atoms with E-state index in [4.69, 9.17) is 0 Å². The molecule has 0 spiro atoms. The summed E-state index contributed by atoms with van der Waals surface area (Å²) < 4.78 is 2.05. The van der Waals surface area contributed by atoms with Crippen molar-refractivity contribution < 1.29 is 0 Å². The van der Waals surface area contributed by atoms with Crippen LogP contribution in [0, 0.1) is 0 Å². The number of nitrogens with zero attached hydrogens (tertiary/aromatic N) is 1. The summed E-state index contributed by atoms with van der Waals surface area (Å²) >= 11 is 8.79. The average Bonchev–Trinajstić information content (AvgIpc) is 2.25. The summed E-state index contributed by atoms with van der Waals surface area (Å²) in [6, 6.07) is 2.56. The number of thioether (sulfide) groups is 1. The molecular weight excluding hydrogens is 352 g/mol. The molecule has 90 valence electrons. The Labute approximate surface area is 118 Å². The summed E-state index contributed by atoms with van der Waals surface area (Å²) in [4.78, 5) is 4.37.